The van der Waals surface area contributed by atoms with Gasteiger partial charge in [-0.05, 0) is 19.8 Å². The first-order valence-electron chi connectivity index (χ1n) is 8.57. The topological polar surface area (TPSA) is 98.9 Å². The van der Waals surface area contributed by atoms with Gasteiger partial charge >= 0.3 is 11.7 Å². The zero-order valence-electron chi connectivity index (χ0n) is 15.1. The van der Waals surface area contributed by atoms with E-state index in [-0.39, 0.29) is 33.6 Å². The molecule has 1 aromatic carbocycles. The van der Waals surface area contributed by atoms with E-state index < -0.39 is 10.9 Å². The average Bonchev–Trinajstić information content (AvgIpc) is 2.93. The van der Waals surface area contributed by atoms with Crippen LogP contribution in [0.15, 0.2) is 12.1 Å². The molecule has 0 amide bonds. The third kappa shape index (κ3) is 4.43. The van der Waals surface area contributed by atoms with Gasteiger partial charge in [0.05, 0.1) is 18.1 Å². The van der Waals surface area contributed by atoms with Gasteiger partial charge in [-0.15, -0.1) is 11.3 Å². The number of nitro benzene ring substituents is 1. The molecule has 0 aliphatic carbocycles. The number of benzene rings is 1. The zero-order chi connectivity index (χ0) is 19.3. The average molecular weight is 381 g/mol. The van der Waals surface area contributed by atoms with Crippen molar-refractivity contribution in [3.05, 3.63) is 27.1 Å². The van der Waals surface area contributed by atoms with E-state index in [1.165, 1.54) is 19.2 Å². The molecule has 1 atom stereocenters. The quantitative estimate of drug-likeness (QED) is 0.283. The van der Waals surface area contributed by atoms with E-state index in [4.69, 9.17) is 4.74 Å². The summed E-state index contributed by atoms with van der Waals surface area (Å²) in [6.45, 7) is 4.02. The molecule has 8 heteroatoms. The zero-order valence-corrected chi connectivity index (χ0v) is 15.9. The minimum Gasteiger partial charge on any atom is -0.505 e. The molecule has 0 saturated heterocycles. The van der Waals surface area contributed by atoms with Crippen molar-refractivity contribution >= 4 is 33.1 Å². The third-order valence-corrected chi connectivity index (χ3v) is 5.23. The predicted molar refractivity (Wildman–Crippen MR) is 100 cm³/mol. The maximum atomic E-state index is 11.7. The summed E-state index contributed by atoms with van der Waals surface area (Å²) in [5, 5.41) is 21.8. The van der Waals surface area contributed by atoms with E-state index in [2.05, 4.69) is 11.7 Å². The molecule has 0 saturated carbocycles. The molecular formula is C18H23NO6S. The van der Waals surface area contributed by atoms with Crippen molar-refractivity contribution in [2.75, 3.05) is 7.11 Å². The van der Waals surface area contributed by atoms with E-state index >= 15 is 0 Å². The van der Waals surface area contributed by atoms with E-state index in [0.29, 0.717) is 4.70 Å². The van der Waals surface area contributed by atoms with Crippen molar-refractivity contribution in [1.29, 1.82) is 0 Å². The van der Waals surface area contributed by atoms with Gasteiger partial charge in [0.2, 0.25) is 0 Å². The van der Waals surface area contributed by atoms with Crippen LogP contribution in [0.3, 0.4) is 0 Å². The van der Waals surface area contributed by atoms with Crippen molar-refractivity contribution in [2.45, 2.75) is 52.1 Å². The van der Waals surface area contributed by atoms with Crippen molar-refractivity contribution < 1.29 is 24.3 Å². The highest BCUT2D eigenvalue weighted by Gasteiger charge is 2.25. The molecule has 0 aliphatic rings. The first kappa shape index (κ1) is 20.0. The number of thiophene rings is 1. The van der Waals surface area contributed by atoms with Crippen LogP contribution in [0.25, 0.3) is 10.1 Å². The number of methoxy groups -OCH3 is 1. The van der Waals surface area contributed by atoms with Crippen LogP contribution < -0.4 is 4.74 Å². The molecule has 1 N–H and O–H groups in total. The summed E-state index contributed by atoms with van der Waals surface area (Å²) in [5.74, 6) is -0.847. The summed E-state index contributed by atoms with van der Waals surface area (Å²) in [5.41, 5.74) is -0.234. The van der Waals surface area contributed by atoms with Crippen LogP contribution in [-0.2, 0) is 4.74 Å². The largest absolute Gasteiger partial charge is 0.505 e. The molecule has 0 fully saturated rings. The number of carbonyl (C=O) groups excluding carboxylic acids is 1. The Labute approximate surface area is 155 Å². The molecule has 26 heavy (non-hydrogen) atoms. The third-order valence-electron chi connectivity index (χ3n) is 4.10. The fraction of sp³-hybridized carbons (Fsp3) is 0.500. The molecule has 0 bridgehead atoms. The van der Waals surface area contributed by atoms with Gasteiger partial charge in [0.15, 0.2) is 10.6 Å². The molecule has 7 nitrogen and oxygen atoms in total. The number of hydrogen-bond donors (Lipinski definition) is 1. The summed E-state index contributed by atoms with van der Waals surface area (Å²) in [4.78, 5) is 22.6. The summed E-state index contributed by atoms with van der Waals surface area (Å²) >= 11 is 1.02. The fourth-order valence-corrected chi connectivity index (χ4v) is 3.73. The lowest BCUT2D eigenvalue weighted by Gasteiger charge is -2.14. The minimum atomic E-state index is -0.682. The molecule has 0 spiro atoms. The Morgan fingerprint density at radius 1 is 1.35 bits per heavy atom. The molecule has 1 unspecified atom stereocenters. The second-order valence-corrected chi connectivity index (χ2v) is 7.17. The summed E-state index contributed by atoms with van der Waals surface area (Å²) in [6.07, 6.45) is 5.03. The fourth-order valence-electron chi connectivity index (χ4n) is 2.70. The van der Waals surface area contributed by atoms with Gasteiger partial charge in [0.1, 0.15) is 5.75 Å². The number of fused-ring (bicyclic) bond motifs is 1. The van der Waals surface area contributed by atoms with Gasteiger partial charge in [-0.3, -0.25) is 10.1 Å². The standard InChI is InChI=1S/C18H23NO6S/c1-4-5-6-7-8-11(2)25-14-10-15-12(9-13(14)19(22)23)16(20)17(26-15)18(21)24-3/h9-11,20H,4-8H2,1-3H3. The number of carbonyl (C=O) groups is 1. The highest BCUT2D eigenvalue weighted by Crippen LogP contribution is 2.43. The Balaban J connectivity index is 2.31. The Hall–Kier alpha value is -2.35. The molecule has 142 valence electrons. The Morgan fingerprint density at radius 3 is 2.69 bits per heavy atom. The number of nitro groups is 1. The molecule has 0 aliphatic heterocycles. The van der Waals surface area contributed by atoms with E-state index in [0.717, 1.165) is 43.4 Å². The lowest BCUT2D eigenvalue weighted by molar-refractivity contribution is -0.385. The maximum Gasteiger partial charge on any atom is 0.351 e. The van der Waals surface area contributed by atoms with E-state index in [1.54, 1.807) is 0 Å². The Kier molecular flexibility index (Phi) is 6.79. The summed E-state index contributed by atoms with van der Waals surface area (Å²) in [6, 6.07) is 2.75. The Morgan fingerprint density at radius 2 is 2.08 bits per heavy atom. The van der Waals surface area contributed by atoms with Gasteiger partial charge in [0.25, 0.3) is 0 Å². The van der Waals surface area contributed by atoms with Crippen molar-refractivity contribution in [3.8, 4) is 11.5 Å². The lowest BCUT2D eigenvalue weighted by atomic mass is 10.1. The second kappa shape index (κ2) is 8.84. The van der Waals surface area contributed by atoms with Gasteiger partial charge in [-0.2, -0.15) is 0 Å². The number of aromatic hydroxyl groups is 1. The first-order chi connectivity index (χ1) is 12.4. The normalized spacial score (nSPS) is 12.1. The van der Waals surface area contributed by atoms with Gasteiger partial charge < -0.3 is 14.6 Å². The van der Waals surface area contributed by atoms with Gasteiger partial charge in [-0.25, -0.2) is 4.79 Å². The SMILES string of the molecule is CCCCCCC(C)Oc1cc2sc(C(=O)OC)c(O)c2cc1[N+](=O)[O-]. The molecule has 2 rings (SSSR count). The number of ether oxygens (including phenoxy) is 2. The highest BCUT2D eigenvalue weighted by molar-refractivity contribution is 7.21. The molecule has 2 aromatic rings. The van der Waals surface area contributed by atoms with Crippen LogP contribution >= 0.6 is 11.3 Å². The lowest BCUT2D eigenvalue weighted by Crippen LogP contribution is -2.12. The first-order valence-corrected chi connectivity index (χ1v) is 9.39. The van der Waals surface area contributed by atoms with E-state index in [9.17, 15) is 20.0 Å². The monoisotopic (exact) mass is 381 g/mol. The van der Waals surface area contributed by atoms with Crippen molar-refractivity contribution in [3.63, 3.8) is 0 Å². The smallest absolute Gasteiger partial charge is 0.351 e. The molecule has 1 heterocycles. The van der Waals surface area contributed by atoms with E-state index in [1.807, 2.05) is 6.92 Å². The van der Waals surface area contributed by atoms with Crippen LogP contribution in [0.2, 0.25) is 0 Å². The maximum absolute atomic E-state index is 11.7. The van der Waals surface area contributed by atoms with Gasteiger partial charge in [0, 0.05) is 22.2 Å². The number of nitrogens with zero attached hydrogens (tertiary/aromatic N) is 1. The van der Waals surface area contributed by atoms with Crippen LogP contribution in [0.4, 0.5) is 5.69 Å². The molecule has 0 radical (unpaired) electrons. The Bertz CT molecular complexity index is 801. The predicted octanol–water partition coefficient (Wildman–Crippen LogP) is 5.04. The minimum absolute atomic E-state index is 0.0153. The van der Waals surface area contributed by atoms with Crippen LogP contribution in [0.1, 0.15) is 55.6 Å². The van der Waals surface area contributed by atoms with Crippen molar-refractivity contribution in [1.82, 2.24) is 0 Å². The van der Waals surface area contributed by atoms with Crippen LogP contribution in [-0.4, -0.2) is 29.2 Å². The molecule has 1 aromatic heterocycles. The molecular weight excluding hydrogens is 358 g/mol. The second-order valence-electron chi connectivity index (χ2n) is 6.12. The van der Waals surface area contributed by atoms with Crippen LogP contribution in [0.5, 0.6) is 11.5 Å². The van der Waals surface area contributed by atoms with Gasteiger partial charge in [-0.1, -0.05) is 26.2 Å². The van der Waals surface area contributed by atoms with Crippen LogP contribution in [0, 0.1) is 10.1 Å². The number of rotatable bonds is 9. The van der Waals surface area contributed by atoms with Crippen molar-refractivity contribution in [2.24, 2.45) is 0 Å². The number of esters is 1. The summed E-state index contributed by atoms with van der Waals surface area (Å²) in [7, 11) is 1.21. The highest BCUT2D eigenvalue weighted by atomic mass is 32.1. The summed E-state index contributed by atoms with van der Waals surface area (Å²) < 4.78 is 11.0. The number of hydrogen-bond acceptors (Lipinski definition) is 7. The number of unbranched alkanes of at least 4 members (excludes halogenated alkanes) is 3.